The smallest absolute Gasteiger partial charge is 0.354 e. The fraction of sp³-hybridized carbons (Fsp3) is 0.353. The SMILES string of the molecule is CN/C(C(=O)O)=C(\S)NS(=O)(=O)c1ccc(NC(=O)CN=C(N)N2CCOCC2)c(F)c1. The van der Waals surface area contributed by atoms with Crippen molar-refractivity contribution < 1.29 is 32.2 Å². The van der Waals surface area contributed by atoms with Crippen molar-refractivity contribution in [2.75, 3.05) is 45.2 Å². The second-order valence-corrected chi connectivity index (χ2v) is 8.48. The molecule has 1 amide bonds. The van der Waals surface area contributed by atoms with Crippen molar-refractivity contribution in [1.29, 1.82) is 0 Å². The minimum absolute atomic E-state index is 0.161. The number of nitrogens with zero attached hydrogens (tertiary/aromatic N) is 2. The van der Waals surface area contributed by atoms with E-state index < -0.39 is 43.3 Å². The average molecular weight is 491 g/mol. The van der Waals surface area contributed by atoms with E-state index in [4.69, 9.17) is 15.6 Å². The number of morpholine rings is 1. The number of nitrogens with two attached hydrogens (primary N) is 1. The standard InChI is InChI=1S/C17H23FN6O6S2/c1-20-14(16(26)27)15(31)23-32(28,29)10-2-3-12(11(18)8-10)22-13(25)9-21-17(19)24-4-6-30-7-5-24/h2-3,8,20,23,31H,4-7,9H2,1H3,(H2,19,21)(H,22,25)(H,26,27)/b15-14-. The molecule has 32 heavy (non-hydrogen) atoms. The van der Waals surface area contributed by atoms with Crippen LogP contribution in [-0.4, -0.2) is 76.2 Å². The predicted octanol–water partition coefficient (Wildman–Crippen LogP) is -0.908. The van der Waals surface area contributed by atoms with Gasteiger partial charge in [-0.25, -0.2) is 22.6 Å². The minimum Gasteiger partial charge on any atom is -0.477 e. The number of carbonyl (C=O) groups is 2. The molecule has 1 saturated heterocycles. The Morgan fingerprint density at radius 2 is 2.00 bits per heavy atom. The van der Waals surface area contributed by atoms with Crippen LogP contribution >= 0.6 is 12.6 Å². The second-order valence-electron chi connectivity index (χ2n) is 6.35. The molecule has 0 unspecified atom stereocenters. The molecule has 1 aromatic rings. The number of benzene rings is 1. The molecule has 0 spiro atoms. The number of carboxylic acids is 1. The third-order valence-electron chi connectivity index (χ3n) is 4.18. The van der Waals surface area contributed by atoms with Crippen molar-refractivity contribution in [1.82, 2.24) is 14.9 Å². The van der Waals surface area contributed by atoms with Gasteiger partial charge in [-0.2, -0.15) is 0 Å². The molecule has 1 aliphatic rings. The third kappa shape index (κ3) is 6.73. The van der Waals surface area contributed by atoms with Gasteiger partial charge < -0.3 is 31.1 Å². The summed E-state index contributed by atoms with van der Waals surface area (Å²) >= 11 is 3.82. The summed E-state index contributed by atoms with van der Waals surface area (Å²) in [6, 6.07) is 2.76. The molecule has 1 fully saturated rings. The maximum atomic E-state index is 14.4. The number of aliphatic carboxylic acids is 1. The number of rotatable bonds is 8. The molecule has 2 rings (SSSR count). The van der Waals surface area contributed by atoms with E-state index in [1.165, 1.54) is 7.05 Å². The van der Waals surface area contributed by atoms with Gasteiger partial charge in [-0.15, -0.1) is 12.6 Å². The van der Waals surface area contributed by atoms with Crippen LogP contribution in [0.2, 0.25) is 0 Å². The summed E-state index contributed by atoms with van der Waals surface area (Å²) in [5, 5.41) is 13.1. The van der Waals surface area contributed by atoms with Gasteiger partial charge in [0.05, 0.1) is 23.8 Å². The highest BCUT2D eigenvalue weighted by Crippen LogP contribution is 2.20. The Hall–Kier alpha value is -3.04. The number of carbonyl (C=O) groups excluding carboxylic acids is 1. The molecular weight excluding hydrogens is 467 g/mol. The Kier molecular flexibility index (Phi) is 8.68. The number of sulfonamides is 1. The summed E-state index contributed by atoms with van der Waals surface area (Å²) in [7, 11) is -3.08. The van der Waals surface area contributed by atoms with E-state index in [0.29, 0.717) is 32.4 Å². The molecule has 1 aromatic carbocycles. The van der Waals surface area contributed by atoms with Crippen LogP contribution in [0.15, 0.2) is 38.8 Å². The molecular formula is C17H23FN6O6S2. The summed E-state index contributed by atoms with van der Waals surface area (Å²) in [4.78, 5) is 28.3. The van der Waals surface area contributed by atoms with E-state index in [-0.39, 0.29) is 18.2 Å². The molecule has 12 nitrogen and oxygen atoms in total. The molecule has 6 N–H and O–H groups in total. The van der Waals surface area contributed by atoms with E-state index in [1.54, 1.807) is 4.90 Å². The monoisotopic (exact) mass is 490 g/mol. The van der Waals surface area contributed by atoms with Crippen LogP contribution in [-0.2, 0) is 24.3 Å². The Labute approximate surface area is 189 Å². The normalized spacial score (nSPS) is 15.6. The van der Waals surface area contributed by atoms with Crippen molar-refractivity contribution in [3.8, 4) is 0 Å². The number of nitrogens with one attached hydrogen (secondary N) is 3. The number of guanidine groups is 1. The van der Waals surface area contributed by atoms with Crippen molar-refractivity contribution in [3.05, 3.63) is 34.7 Å². The predicted molar refractivity (Wildman–Crippen MR) is 117 cm³/mol. The van der Waals surface area contributed by atoms with Crippen LogP contribution in [0.1, 0.15) is 0 Å². The topological polar surface area (TPSA) is 175 Å². The number of likely N-dealkylation sites (N-methyl/N-ethyl adjacent to an activating group) is 1. The van der Waals surface area contributed by atoms with Gasteiger partial charge in [-0.1, -0.05) is 0 Å². The summed E-state index contributed by atoms with van der Waals surface area (Å²) in [6.07, 6.45) is 0. The molecule has 1 heterocycles. The van der Waals surface area contributed by atoms with E-state index in [0.717, 1.165) is 12.1 Å². The Morgan fingerprint density at radius 1 is 1.34 bits per heavy atom. The third-order valence-corrected chi connectivity index (χ3v) is 6.01. The fourth-order valence-electron chi connectivity index (χ4n) is 2.56. The van der Waals surface area contributed by atoms with Gasteiger partial charge in [0.1, 0.15) is 17.4 Å². The quantitative estimate of drug-likeness (QED) is 0.117. The van der Waals surface area contributed by atoms with Gasteiger partial charge in [0.15, 0.2) is 11.7 Å². The van der Waals surface area contributed by atoms with Crippen molar-refractivity contribution in [2.45, 2.75) is 4.90 Å². The van der Waals surface area contributed by atoms with E-state index in [9.17, 15) is 22.4 Å². The highest BCUT2D eigenvalue weighted by molar-refractivity contribution is 7.91. The van der Waals surface area contributed by atoms with Gasteiger partial charge in [-0.3, -0.25) is 9.52 Å². The van der Waals surface area contributed by atoms with Crippen molar-refractivity contribution in [3.63, 3.8) is 0 Å². The molecule has 0 bridgehead atoms. The molecule has 0 atom stereocenters. The first-order valence-corrected chi connectivity index (χ1v) is 11.1. The van der Waals surface area contributed by atoms with Crippen LogP contribution in [0.4, 0.5) is 10.1 Å². The number of hydrogen-bond donors (Lipinski definition) is 6. The number of hydrogen-bond acceptors (Lipinski definition) is 8. The molecule has 0 radical (unpaired) electrons. The fourth-order valence-corrected chi connectivity index (χ4v) is 4.11. The van der Waals surface area contributed by atoms with Crippen LogP contribution < -0.4 is 21.1 Å². The Morgan fingerprint density at radius 3 is 2.56 bits per heavy atom. The molecule has 1 aliphatic heterocycles. The average Bonchev–Trinajstić information content (AvgIpc) is 2.73. The number of anilines is 1. The first kappa shape index (κ1) is 25.2. The van der Waals surface area contributed by atoms with Crippen LogP contribution in [0.5, 0.6) is 0 Å². The zero-order valence-electron chi connectivity index (χ0n) is 17.0. The molecule has 176 valence electrons. The largest absolute Gasteiger partial charge is 0.477 e. The zero-order valence-corrected chi connectivity index (χ0v) is 18.7. The van der Waals surface area contributed by atoms with Crippen LogP contribution in [0.25, 0.3) is 0 Å². The maximum absolute atomic E-state index is 14.4. The number of ether oxygens (including phenoxy) is 1. The van der Waals surface area contributed by atoms with E-state index in [2.05, 4.69) is 28.3 Å². The summed E-state index contributed by atoms with van der Waals surface area (Å²) in [5.41, 5.74) is 5.05. The highest BCUT2D eigenvalue weighted by Gasteiger charge is 2.21. The summed E-state index contributed by atoms with van der Waals surface area (Å²) in [5.74, 6) is -2.96. The Bertz CT molecular complexity index is 1040. The number of halogens is 1. The minimum atomic E-state index is -4.34. The zero-order chi connectivity index (χ0) is 23.9. The van der Waals surface area contributed by atoms with Gasteiger partial charge in [0.25, 0.3) is 10.0 Å². The van der Waals surface area contributed by atoms with Gasteiger partial charge >= 0.3 is 5.97 Å². The van der Waals surface area contributed by atoms with Crippen molar-refractivity contribution in [2.24, 2.45) is 10.7 Å². The van der Waals surface area contributed by atoms with E-state index >= 15 is 0 Å². The maximum Gasteiger partial charge on any atom is 0.354 e. The van der Waals surface area contributed by atoms with Gasteiger partial charge in [0, 0.05) is 20.1 Å². The Balaban J connectivity index is 2.07. The lowest BCUT2D eigenvalue weighted by Crippen LogP contribution is -2.45. The van der Waals surface area contributed by atoms with Gasteiger partial charge in [-0.05, 0) is 18.2 Å². The first-order valence-electron chi connectivity index (χ1n) is 9.14. The number of aliphatic imine (C=N–C) groups is 1. The molecule has 0 aromatic heterocycles. The second kappa shape index (κ2) is 11.0. The lowest BCUT2D eigenvalue weighted by atomic mass is 10.3. The lowest BCUT2D eigenvalue weighted by Gasteiger charge is -2.27. The molecule has 0 aliphatic carbocycles. The first-order chi connectivity index (χ1) is 15.0. The highest BCUT2D eigenvalue weighted by atomic mass is 32.2. The number of thiol groups is 1. The summed E-state index contributed by atoms with van der Waals surface area (Å²) in [6.45, 7) is 1.71. The van der Waals surface area contributed by atoms with Crippen molar-refractivity contribution >= 4 is 46.2 Å². The van der Waals surface area contributed by atoms with Crippen LogP contribution in [0, 0.1) is 5.82 Å². The van der Waals surface area contributed by atoms with E-state index in [1.807, 2.05) is 4.72 Å². The van der Waals surface area contributed by atoms with Gasteiger partial charge in [0.2, 0.25) is 5.91 Å². The molecule has 15 heteroatoms. The van der Waals surface area contributed by atoms with Crippen LogP contribution in [0.3, 0.4) is 0 Å². The number of carboxylic acid groups (broad SMARTS) is 1. The molecule has 0 saturated carbocycles. The summed E-state index contributed by atoms with van der Waals surface area (Å²) < 4.78 is 46.3. The number of amides is 1. The lowest BCUT2D eigenvalue weighted by molar-refractivity contribution is -0.133.